The summed E-state index contributed by atoms with van der Waals surface area (Å²) in [6.45, 7) is 3.87. The van der Waals surface area contributed by atoms with Gasteiger partial charge in [-0.15, -0.1) is 0 Å². The van der Waals surface area contributed by atoms with E-state index in [0.717, 1.165) is 30.6 Å². The second kappa shape index (κ2) is 11.0. The molecule has 3 aliphatic heterocycles. The van der Waals surface area contributed by atoms with Crippen LogP contribution < -0.4 is 9.64 Å². The highest BCUT2D eigenvalue weighted by Gasteiger charge is 2.36. The molecule has 5 rings (SSSR count). The molecular formula is C28H31N5O5. The minimum Gasteiger partial charge on any atom is -0.488 e. The average molecular weight is 518 g/mol. The molecule has 1 aliphatic carbocycles. The zero-order valence-electron chi connectivity index (χ0n) is 21.6. The van der Waals surface area contributed by atoms with Crippen LogP contribution in [0.4, 0.5) is 5.69 Å². The van der Waals surface area contributed by atoms with E-state index in [2.05, 4.69) is 17.1 Å². The monoisotopic (exact) mass is 517 g/mol. The largest absolute Gasteiger partial charge is 0.488 e. The van der Waals surface area contributed by atoms with Gasteiger partial charge in [0.05, 0.1) is 37.7 Å². The first-order valence-electron chi connectivity index (χ1n) is 12.9. The maximum atomic E-state index is 13.1. The molecule has 10 heteroatoms. The highest BCUT2D eigenvalue weighted by Crippen LogP contribution is 2.33. The Balaban J connectivity index is 1.28. The van der Waals surface area contributed by atoms with E-state index in [1.54, 1.807) is 36.5 Å². The number of pyridine rings is 1. The Labute approximate surface area is 222 Å². The molecule has 38 heavy (non-hydrogen) atoms. The zero-order chi connectivity index (χ0) is 26.6. The molecule has 1 aromatic rings. The van der Waals surface area contributed by atoms with Gasteiger partial charge in [0.1, 0.15) is 35.5 Å². The molecular weight excluding hydrogens is 486 g/mol. The number of methoxy groups -OCH3 is 1. The van der Waals surface area contributed by atoms with Gasteiger partial charge in [-0.05, 0) is 31.4 Å². The van der Waals surface area contributed by atoms with E-state index < -0.39 is 0 Å². The molecule has 0 unspecified atom stereocenters. The van der Waals surface area contributed by atoms with Crippen LogP contribution >= 0.6 is 0 Å². The Morgan fingerprint density at radius 3 is 2.82 bits per heavy atom. The summed E-state index contributed by atoms with van der Waals surface area (Å²) in [6, 6.07) is 3.82. The number of allylic oxidation sites excluding steroid dienone is 3. The number of rotatable bonds is 6. The summed E-state index contributed by atoms with van der Waals surface area (Å²) < 4.78 is 17.5. The highest BCUT2D eigenvalue weighted by molar-refractivity contribution is 5.81. The molecule has 0 radical (unpaired) electrons. The Hall–Kier alpha value is -4.26. The molecule has 4 aliphatic rings. The maximum Gasteiger partial charge on any atom is 0.231 e. The average Bonchev–Trinajstić information content (AvgIpc) is 3.63. The summed E-state index contributed by atoms with van der Waals surface area (Å²) in [7, 11) is 1.48. The number of carbonyl (C=O) groups excluding carboxylic acids is 2. The van der Waals surface area contributed by atoms with E-state index in [1.807, 2.05) is 22.1 Å². The van der Waals surface area contributed by atoms with Gasteiger partial charge < -0.3 is 28.9 Å². The number of aromatic nitrogens is 1. The van der Waals surface area contributed by atoms with Crippen LogP contribution in [0.1, 0.15) is 38.2 Å². The van der Waals surface area contributed by atoms with Crippen molar-refractivity contribution in [1.29, 1.82) is 5.26 Å². The predicted octanol–water partition coefficient (Wildman–Crippen LogP) is 3.20. The number of likely N-dealkylation sites (tertiary alicyclic amines) is 2. The van der Waals surface area contributed by atoms with Crippen LogP contribution in [-0.2, 0) is 19.1 Å². The van der Waals surface area contributed by atoms with Crippen LogP contribution in [0.2, 0.25) is 0 Å². The first-order chi connectivity index (χ1) is 18.5. The molecule has 2 fully saturated rings. The third kappa shape index (κ3) is 5.23. The lowest BCUT2D eigenvalue weighted by atomic mass is 10.0. The van der Waals surface area contributed by atoms with Gasteiger partial charge >= 0.3 is 0 Å². The van der Waals surface area contributed by atoms with Crippen molar-refractivity contribution in [2.45, 2.75) is 38.7 Å². The summed E-state index contributed by atoms with van der Waals surface area (Å²) in [5.41, 5.74) is 1.99. The van der Waals surface area contributed by atoms with Crippen LogP contribution in [0.25, 0.3) is 0 Å². The third-order valence-corrected chi connectivity index (χ3v) is 7.28. The predicted molar refractivity (Wildman–Crippen MR) is 138 cm³/mol. The molecule has 4 heterocycles. The fraction of sp³-hybridized carbons (Fsp3) is 0.429. The normalized spacial score (nSPS) is 22.8. The minimum absolute atomic E-state index is 0.0212. The van der Waals surface area contributed by atoms with E-state index in [4.69, 9.17) is 14.2 Å². The lowest BCUT2D eigenvalue weighted by molar-refractivity contribution is -0.134. The van der Waals surface area contributed by atoms with Crippen molar-refractivity contribution in [2.75, 3.05) is 38.2 Å². The Morgan fingerprint density at radius 2 is 2.05 bits per heavy atom. The van der Waals surface area contributed by atoms with Crippen molar-refractivity contribution in [2.24, 2.45) is 5.92 Å². The zero-order valence-corrected chi connectivity index (χ0v) is 21.6. The SMILES string of the molecule is COc1ncc(N2C=COC(C3=C(O[C@H]4CCN(C(=O)[C@@H]5CCN(C(C)=O)C5)C4)C=CCC3)=C2)cc1C#N. The molecule has 0 N–H and O–H groups in total. The van der Waals surface area contributed by atoms with Gasteiger partial charge in [0.2, 0.25) is 17.7 Å². The Morgan fingerprint density at radius 1 is 1.21 bits per heavy atom. The minimum atomic E-state index is -0.130. The van der Waals surface area contributed by atoms with Crippen LogP contribution in [0, 0.1) is 17.2 Å². The standard InChI is InChI=1S/C28H31N5O5/c1-19(34)31-9-7-20(16-31)28(35)33-10-8-23(17-33)38-25-6-4-3-5-24(25)26-18-32(11-12-37-26)22-13-21(14-29)27(36-2)30-15-22/h4,6,11-13,15,18,20,23H,3,5,7-10,16-17H2,1-2H3/t20-,23+/m1/s1. The number of nitriles is 1. The summed E-state index contributed by atoms with van der Waals surface area (Å²) >= 11 is 0. The second-order valence-corrected chi connectivity index (χ2v) is 9.71. The van der Waals surface area contributed by atoms with E-state index in [9.17, 15) is 14.9 Å². The molecule has 198 valence electrons. The van der Waals surface area contributed by atoms with Crippen LogP contribution in [0.15, 0.2) is 60.2 Å². The second-order valence-electron chi connectivity index (χ2n) is 9.71. The molecule has 10 nitrogen and oxygen atoms in total. The van der Waals surface area contributed by atoms with Crippen LogP contribution in [0.5, 0.6) is 5.88 Å². The van der Waals surface area contributed by atoms with Crippen molar-refractivity contribution in [3.63, 3.8) is 0 Å². The van der Waals surface area contributed by atoms with Crippen LogP contribution in [-0.4, -0.2) is 66.0 Å². The van der Waals surface area contributed by atoms with E-state index in [-0.39, 0.29) is 29.7 Å². The number of ether oxygens (including phenoxy) is 3. The summed E-state index contributed by atoms with van der Waals surface area (Å²) in [5, 5.41) is 9.43. The van der Waals surface area contributed by atoms with E-state index in [0.29, 0.717) is 49.6 Å². The molecule has 2 atom stereocenters. The van der Waals surface area contributed by atoms with Gasteiger partial charge in [-0.2, -0.15) is 5.26 Å². The lowest BCUT2D eigenvalue weighted by Gasteiger charge is -2.26. The Kier molecular flexibility index (Phi) is 7.36. The number of hydrogen-bond acceptors (Lipinski definition) is 8. The van der Waals surface area contributed by atoms with Crippen molar-refractivity contribution in [3.05, 3.63) is 65.7 Å². The summed E-state index contributed by atoms with van der Waals surface area (Å²) in [6.07, 6.45) is 13.9. The van der Waals surface area contributed by atoms with Gasteiger partial charge in [-0.25, -0.2) is 4.98 Å². The molecule has 0 bridgehead atoms. The number of hydrogen-bond donors (Lipinski definition) is 0. The smallest absolute Gasteiger partial charge is 0.231 e. The first-order valence-corrected chi connectivity index (χ1v) is 12.9. The maximum absolute atomic E-state index is 13.1. The number of nitrogens with zero attached hydrogens (tertiary/aromatic N) is 5. The van der Waals surface area contributed by atoms with Crippen LogP contribution in [0.3, 0.4) is 0 Å². The van der Waals surface area contributed by atoms with E-state index in [1.165, 1.54) is 7.11 Å². The molecule has 0 spiro atoms. The fourth-order valence-electron chi connectivity index (χ4n) is 5.21. The van der Waals surface area contributed by atoms with Crippen molar-refractivity contribution < 1.29 is 23.8 Å². The highest BCUT2D eigenvalue weighted by atomic mass is 16.5. The Bertz CT molecular complexity index is 1280. The molecule has 0 aromatic carbocycles. The van der Waals surface area contributed by atoms with Gasteiger partial charge in [0.15, 0.2) is 0 Å². The summed E-state index contributed by atoms with van der Waals surface area (Å²) in [4.78, 5) is 34.4. The van der Waals surface area contributed by atoms with Gasteiger partial charge in [0, 0.05) is 44.8 Å². The molecule has 1 aromatic heterocycles. The van der Waals surface area contributed by atoms with Gasteiger partial charge in [-0.1, -0.05) is 6.08 Å². The van der Waals surface area contributed by atoms with Gasteiger partial charge in [0.25, 0.3) is 0 Å². The lowest BCUT2D eigenvalue weighted by Crippen LogP contribution is -2.37. The molecule has 0 saturated carbocycles. The fourth-order valence-corrected chi connectivity index (χ4v) is 5.21. The van der Waals surface area contributed by atoms with Crippen molar-refractivity contribution in [1.82, 2.24) is 14.8 Å². The quantitative estimate of drug-likeness (QED) is 0.566. The van der Waals surface area contributed by atoms with E-state index >= 15 is 0 Å². The molecule has 2 amide bonds. The third-order valence-electron chi connectivity index (χ3n) is 7.28. The van der Waals surface area contributed by atoms with Gasteiger partial charge in [-0.3, -0.25) is 9.59 Å². The van der Waals surface area contributed by atoms with Crippen molar-refractivity contribution in [3.8, 4) is 11.9 Å². The molecule has 2 saturated heterocycles. The summed E-state index contributed by atoms with van der Waals surface area (Å²) in [5.74, 6) is 1.68. The topological polar surface area (TPSA) is 108 Å². The number of amides is 2. The first kappa shape index (κ1) is 25.4. The number of carbonyl (C=O) groups is 2. The van der Waals surface area contributed by atoms with Crippen molar-refractivity contribution >= 4 is 17.5 Å². The number of anilines is 1.